The van der Waals surface area contributed by atoms with Crippen LogP contribution in [0.5, 0.6) is 0 Å². The number of piperidine rings is 2. The number of aromatic carboxylic acids is 1. The highest BCUT2D eigenvalue weighted by atomic mass is 16.5. The van der Waals surface area contributed by atoms with Crippen molar-refractivity contribution < 1.29 is 19.4 Å². The van der Waals surface area contributed by atoms with E-state index in [2.05, 4.69) is 39.8 Å². The monoisotopic (exact) mass is 582 g/mol. The van der Waals surface area contributed by atoms with Crippen LogP contribution in [0.2, 0.25) is 0 Å². The van der Waals surface area contributed by atoms with Gasteiger partial charge in [-0.25, -0.2) is 9.59 Å². The molecule has 6 aliphatic heterocycles. The Labute approximate surface area is 254 Å². The van der Waals surface area contributed by atoms with E-state index >= 15 is 0 Å². The van der Waals surface area contributed by atoms with Gasteiger partial charge in [-0.15, -0.1) is 0 Å². The Morgan fingerprint density at radius 2 is 1.19 bits per heavy atom. The number of benzene rings is 3. The molecule has 9 rings (SSSR count). The van der Waals surface area contributed by atoms with E-state index in [4.69, 9.17) is 9.84 Å². The van der Waals surface area contributed by atoms with Crippen LogP contribution in [0, 0.1) is 13.8 Å². The lowest BCUT2D eigenvalue weighted by atomic mass is 9.88. The van der Waals surface area contributed by atoms with Crippen LogP contribution < -0.4 is 9.80 Å². The number of carbonyl (C=O) groups excluding carboxylic acids is 1. The number of ether oxygens (including phenoxy) is 1. The minimum Gasteiger partial charge on any atom is -0.478 e. The second-order valence-corrected chi connectivity index (χ2v) is 12.6. The molecule has 8 nitrogen and oxygen atoms in total. The maximum atomic E-state index is 12.6. The Morgan fingerprint density at radius 3 is 1.65 bits per heavy atom. The third-order valence-electron chi connectivity index (χ3n) is 9.95. The van der Waals surface area contributed by atoms with E-state index in [1.165, 1.54) is 12.8 Å². The highest BCUT2D eigenvalue weighted by Gasteiger charge is 2.43. The molecule has 8 heteroatoms. The van der Waals surface area contributed by atoms with Gasteiger partial charge in [0.15, 0.2) is 0 Å². The van der Waals surface area contributed by atoms with E-state index in [1.807, 2.05) is 74.5 Å². The van der Waals surface area contributed by atoms with Crippen LogP contribution in [0.3, 0.4) is 0 Å². The lowest BCUT2D eigenvalue weighted by Gasteiger charge is -2.55. The van der Waals surface area contributed by atoms with Gasteiger partial charge in [0, 0.05) is 61.7 Å². The molecule has 6 aliphatic rings. The minimum atomic E-state index is -0.839. The number of hydrogen-bond donors (Lipinski definition) is 1. The van der Waals surface area contributed by atoms with E-state index in [0.717, 1.165) is 54.2 Å². The summed E-state index contributed by atoms with van der Waals surface area (Å²) in [5.74, 6) is -1.09. The number of fused-ring (bicyclic) bond motifs is 4. The predicted molar refractivity (Wildman–Crippen MR) is 169 cm³/mol. The molecule has 0 aromatic heterocycles. The number of likely N-dealkylation sites (N-methyl/N-ethyl adjacent to an activating group) is 2. The summed E-state index contributed by atoms with van der Waals surface area (Å²) in [6.45, 7) is 8.20. The molecule has 0 unspecified atom stereocenters. The van der Waals surface area contributed by atoms with Gasteiger partial charge in [-0.1, -0.05) is 42.5 Å². The molecular weight excluding hydrogens is 540 g/mol. The first-order valence-electron chi connectivity index (χ1n) is 15.3. The molecule has 0 spiro atoms. The molecule has 1 N–H and O–H groups in total. The number of carbonyl (C=O) groups is 2. The first-order chi connectivity index (χ1) is 20.7. The summed E-state index contributed by atoms with van der Waals surface area (Å²) >= 11 is 0. The Morgan fingerprint density at radius 1 is 0.721 bits per heavy atom. The predicted octanol–water partition coefficient (Wildman–Crippen LogP) is 4.83. The summed E-state index contributed by atoms with van der Waals surface area (Å²) in [5.41, 5.74) is 6.04. The van der Waals surface area contributed by atoms with Crippen molar-refractivity contribution in [3.05, 3.63) is 94.5 Å². The zero-order valence-electron chi connectivity index (χ0n) is 25.6. The van der Waals surface area contributed by atoms with Gasteiger partial charge in [0.05, 0.1) is 11.1 Å². The molecule has 3 aromatic carbocycles. The normalized spacial score (nSPS) is 24.3. The molecule has 0 radical (unpaired) electrons. The molecule has 4 bridgehead atoms. The summed E-state index contributed by atoms with van der Waals surface area (Å²) in [4.78, 5) is 33.3. The van der Waals surface area contributed by atoms with Gasteiger partial charge in [0.2, 0.25) is 0 Å². The first-order valence-corrected chi connectivity index (χ1v) is 15.3. The minimum absolute atomic E-state index is 0.248. The first kappa shape index (κ1) is 29.2. The second kappa shape index (κ2) is 12.0. The van der Waals surface area contributed by atoms with Crippen molar-refractivity contribution in [1.29, 1.82) is 0 Å². The van der Waals surface area contributed by atoms with Crippen LogP contribution in [0.15, 0.2) is 66.7 Å². The van der Waals surface area contributed by atoms with E-state index < -0.39 is 5.97 Å². The number of esters is 1. The summed E-state index contributed by atoms with van der Waals surface area (Å²) < 4.78 is 5.52. The topological polar surface area (TPSA) is 76.6 Å². The molecule has 6 saturated heterocycles. The number of anilines is 2. The van der Waals surface area contributed by atoms with Crippen LogP contribution in [-0.4, -0.2) is 91.3 Å². The van der Waals surface area contributed by atoms with E-state index in [1.54, 1.807) is 0 Å². The molecular formula is C35H42N4O4. The summed E-state index contributed by atoms with van der Waals surface area (Å²) in [6.07, 6.45) is 2.58. The van der Waals surface area contributed by atoms with Crippen molar-refractivity contribution in [2.75, 3.05) is 50.1 Å². The van der Waals surface area contributed by atoms with Crippen molar-refractivity contribution in [2.45, 2.75) is 57.5 Å². The lowest BCUT2D eigenvalue weighted by Crippen LogP contribution is -2.67. The summed E-state index contributed by atoms with van der Waals surface area (Å²) in [6, 6.07) is 24.2. The SMILES string of the molecule is Cc1ccc(N2C[C@H]3C[C@@H](C2)N3C)cc1C(=O)O.Cc1ccc(N2C[C@H]3C[C@@H](C2)N3C)cc1C(=O)OCc1ccccc1. The van der Waals surface area contributed by atoms with Gasteiger partial charge in [-0.3, -0.25) is 9.80 Å². The van der Waals surface area contributed by atoms with Gasteiger partial charge >= 0.3 is 11.9 Å². The van der Waals surface area contributed by atoms with Crippen LogP contribution in [0.1, 0.15) is 50.2 Å². The molecule has 226 valence electrons. The number of hydrogen-bond acceptors (Lipinski definition) is 7. The Hall–Kier alpha value is -3.88. The quantitative estimate of drug-likeness (QED) is 0.415. The number of aryl methyl sites for hydroxylation is 2. The Balaban J connectivity index is 0.000000162. The van der Waals surface area contributed by atoms with Gasteiger partial charge in [-0.2, -0.15) is 0 Å². The number of carboxylic acid groups (broad SMARTS) is 1. The van der Waals surface area contributed by atoms with Crippen molar-refractivity contribution >= 4 is 23.3 Å². The van der Waals surface area contributed by atoms with Crippen molar-refractivity contribution in [3.8, 4) is 0 Å². The fourth-order valence-electron chi connectivity index (χ4n) is 6.88. The number of nitrogens with zero attached hydrogens (tertiary/aromatic N) is 4. The number of rotatable bonds is 6. The molecule has 0 aliphatic carbocycles. The zero-order valence-corrected chi connectivity index (χ0v) is 25.6. The van der Waals surface area contributed by atoms with Crippen molar-refractivity contribution in [3.63, 3.8) is 0 Å². The average Bonchev–Trinajstić information content (AvgIpc) is 3.04. The molecule has 43 heavy (non-hydrogen) atoms. The molecule has 6 fully saturated rings. The number of carboxylic acids is 1. The third-order valence-corrected chi connectivity index (χ3v) is 9.95. The molecule has 0 saturated carbocycles. The highest BCUT2D eigenvalue weighted by molar-refractivity contribution is 5.92. The smallest absolute Gasteiger partial charge is 0.338 e. The van der Waals surface area contributed by atoms with Crippen molar-refractivity contribution in [1.82, 2.24) is 9.80 Å². The average molecular weight is 583 g/mol. The fourth-order valence-corrected chi connectivity index (χ4v) is 6.88. The largest absolute Gasteiger partial charge is 0.478 e. The van der Waals surface area contributed by atoms with E-state index in [-0.39, 0.29) is 5.97 Å². The van der Waals surface area contributed by atoms with Gasteiger partial charge in [-0.05, 0) is 81.7 Å². The van der Waals surface area contributed by atoms with Crippen LogP contribution in [0.25, 0.3) is 0 Å². The maximum Gasteiger partial charge on any atom is 0.338 e. The standard InChI is InChI=1S/C21H24N2O2.C14H18N2O2/c1-15-8-9-17(23-12-18-10-19(13-23)22(18)2)11-20(15)21(24)25-14-16-6-4-3-5-7-16;1-9-3-4-10(6-13(9)14(17)18)16-7-11-5-12(8-16)15(11)2/h3-9,11,18-19H,10,12-14H2,1-2H3;3-4,6,11-12H,5,7-8H2,1-2H3,(H,17,18)/t18-,19+;11-,12+. The summed E-state index contributed by atoms with van der Waals surface area (Å²) in [7, 11) is 4.38. The second-order valence-electron chi connectivity index (χ2n) is 12.6. The zero-order chi connectivity index (χ0) is 30.2. The fraction of sp³-hybridized carbons (Fsp3) is 0.429. The number of piperazine rings is 2. The maximum absolute atomic E-state index is 12.6. The molecule has 3 aromatic rings. The van der Waals surface area contributed by atoms with Crippen LogP contribution >= 0.6 is 0 Å². The molecule has 0 amide bonds. The summed E-state index contributed by atoms with van der Waals surface area (Å²) in [5, 5.41) is 9.16. The highest BCUT2D eigenvalue weighted by Crippen LogP contribution is 2.35. The van der Waals surface area contributed by atoms with Gasteiger partial charge in [0.1, 0.15) is 6.61 Å². The van der Waals surface area contributed by atoms with E-state index in [9.17, 15) is 9.59 Å². The Kier molecular flexibility index (Phi) is 8.16. The Bertz CT molecular complexity index is 1470. The van der Waals surface area contributed by atoms with Gasteiger partial charge in [0.25, 0.3) is 0 Å². The lowest BCUT2D eigenvalue weighted by molar-refractivity contribution is 0.0263. The third kappa shape index (κ3) is 5.99. The van der Waals surface area contributed by atoms with E-state index in [0.29, 0.717) is 41.9 Å². The van der Waals surface area contributed by atoms with Crippen LogP contribution in [-0.2, 0) is 11.3 Å². The molecule has 6 heterocycles. The van der Waals surface area contributed by atoms with Gasteiger partial charge < -0.3 is 19.6 Å². The van der Waals surface area contributed by atoms with Crippen molar-refractivity contribution in [2.24, 2.45) is 0 Å². The van der Waals surface area contributed by atoms with Crippen LogP contribution in [0.4, 0.5) is 11.4 Å². The molecule has 4 atom stereocenters.